The highest BCUT2D eigenvalue weighted by Gasteiger charge is 2.21. The van der Waals surface area contributed by atoms with Gasteiger partial charge in [-0.05, 0) is 42.5 Å². The molecule has 1 amide bonds. The Balaban J connectivity index is 1.39. The number of nitro benzene ring substituents is 1. The number of benzene rings is 3. The van der Waals surface area contributed by atoms with Crippen LogP contribution in [0.3, 0.4) is 0 Å². The molecule has 5 rings (SSSR count). The summed E-state index contributed by atoms with van der Waals surface area (Å²) >= 11 is 1.14. The number of thioether (sulfide) groups is 1. The summed E-state index contributed by atoms with van der Waals surface area (Å²) < 4.78 is 26.2. The van der Waals surface area contributed by atoms with Gasteiger partial charge >= 0.3 is 5.69 Å². The van der Waals surface area contributed by atoms with E-state index in [1.807, 2.05) is 47.0 Å². The van der Waals surface area contributed by atoms with Gasteiger partial charge in [0.25, 0.3) is 0 Å². The van der Waals surface area contributed by atoms with E-state index in [-0.39, 0.29) is 18.2 Å². The molecule has 1 N–H and O–H groups in total. The molecule has 0 radical (unpaired) electrons. The van der Waals surface area contributed by atoms with Crippen molar-refractivity contribution in [1.29, 1.82) is 0 Å². The topological polar surface area (TPSA) is 121 Å². The van der Waals surface area contributed by atoms with Crippen LogP contribution in [0.25, 0.3) is 17.1 Å². The number of nitro groups is 1. The Bertz CT molecular complexity index is 1430. The molecule has 1 aliphatic heterocycles. The highest BCUT2D eigenvalue weighted by Crippen LogP contribution is 2.37. The normalized spacial score (nSPS) is 11.9. The lowest BCUT2D eigenvalue weighted by atomic mass is 10.2. The number of para-hydroxylation sites is 1. The zero-order chi connectivity index (χ0) is 24.4. The molecule has 2 heterocycles. The maximum Gasteiger partial charge on any atom is 0.306 e. The zero-order valence-electron chi connectivity index (χ0n) is 17.9. The fraction of sp³-hybridized carbons (Fsp3) is 0.0870. The third-order valence-corrected chi connectivity index (χ3v) is 5.97. The van der Waals surface area contributed by atoms with E-state index < -0.39 is 22.3 Å². The van der Waals surface area contributed by atoms with Crippen molar-refractivity contribution in [2.45, 2.75) is 5.16 Å². The number of ether oxygens (including phenoxy) is 2. The Labute approximate surface area is 201 Å². The summed E-state index contributed by atoms with van der Waals surface area (Å²) in [6.45, 7) is 0.150. The van der Waals surface area contributed by atoms with Gasteiger partial charge in [0.15, 0.2) is 22.5 Å². The van der Waals surface area contributed by atoms with Crippen LogP contribution in [-0.2, 0) is 4.79 Å². The second kappa shape index (κ2) is 9.43. The van der Waals surface area contributed by atoms with Gasteiger partial charge in [-0.25, -0.2) is 0 Å². The Kier molecular flexibility index (Phi) is 6.02. The number of nitrogens with one attached hydrogen (secondary N) is 1. The van der Waals surface area contributed by atoms with Crippen LogP contribution < -0.4 is 14.8 Å². The number of anilines is 1. The molecule has 1 aliphatic rings. The van der Waals surface area contributed by atoms with Crippen molar-refractivity contribution >= 4 is 29.0 Å². The van der Waals surface area contributed by atoms with Crippen LogP contribution in [0.5, 0.6) is 11.5 Å². The van der Waals surface area contributed by atoms with Crippen molar-refractivity contribution in [3.63, 3.8) is 0 Å². The van der Waals surface area contributed by atoms with Gasteiger partial charge in [0.1, 0.15) is 0 Å². The van der Waals surface area contributed by atoms with Gasteiger partial charge in [0.2, 0.25) is 18.5 Å². The van der Waals surface area contributed by atoms with E-state index >= 15 is 0 Å². The highest BCUT2D eigenvalue weighted by molar-refractivity contribution is 7.99. The molecule has 35 heavy (non-hydrogen) atoms. The van der Waals surface area contributed by atoms with E-state index in [9.17, 15) is 19.3 Å². The summed E-state index contributed by atoms with van der Waals surface area (Å²) in [4.78, 5) is 22.6. The molecular weight excluding hydrogens is 477 g/mol. The Morgan fingerprint density at radius 2 is 1.89 bits per heavy atom. The summed E-state index contributed by atoms with van der Waals surface area (Å²) in [5.41, 5.74) is 0.949. The first kappa shape index (κ1) is 22.3. The van der Waals surface area contributed by atoms with Gasteiger partial charge in [0.05, 0.1) is 10.7 Å². The molecule has 10 nitrogen and oxygen atoms in total. The van der Waals surface area contributed by atoms with E-state index in [0.717, 1.165) is 35.1 Å². The molecule has 176 valence electrons. The van der Waals surface area contributed by atoms with Crippen molar-refractivity contribution in [3.05, 3.63) is 82.7 Å². The number of nitrogens with zero attached hydrogens (tertiary/aromatic N) is 4. The second-order valence-corrected chi connectivity index (χ2v) is 8.25. The van der Waals surface area contributed by atoms with Crippen molar-refractivity contribution in [2.75, 3.05) is 17.9 Å². The van der Waals surface area contributed by atoms with Crippen molar-refractivity contribution in [1.82, 2.24) is 14.8 Å². The van der Waals surface area contributed by atoms with Crippen LogP contribution in [0.15, 0.2) is 71.9 Å². The first-order chi connectivity index (χ1) is 17.0. The molecule has 0 saturated heterocycles. The summed E-state index contributed by atoms with van der Waals surface area (Å²) in [7, 11) is 0. The third kappa shape index (κ3) is 4.64. The largest absolute Gasteiger partial charge is 0.454 e. The minimum atomic E-state index is -0.977. The number of fused-ring (bicyclic) bond motifs is 1. The number of carbonyl (C=O) groups is 1. The minimum absolute atomic E-state index is 0.0583. The van der Waals surface area contributed by atoms with E-state index in [1.165, 1.54) is 6.07 Å². The number of hydrogen-bond acceptors (Lipinski definition) is 8. The lowest BCUT2D eigenvalue weighted by molar-refractivity contribution is -0.387. The first-order valence-electron chi connectivity index (χ1n) is 10.3. The molecule has 0 spiro atoms. The van der Waals surface area contributed by atoms with Crippen molar-refractivity contribution in [2.24, 2.45) is 0 Å². The standard InChI is InChI=1S/C23H16FN5O5S/c24-17-8-7-15(11-18(17)29(31)32)25-21(30)12-35-23-27-26-22(28(23)16-4-2-1-3-5-16)14-6-9-19-20(10-14)34-13-33-19/h1-11H,12-13H2,(H,25,30). The number of amides is 1. The summed E-state index contributed by atoms with van der Waals surface area (Å²) in [6, 6.07) is 18.0. The minimum Gasteiger partial charge on any atom is -0.454 e. The second-order valence-electron chi connectivity index (χ2n) is 7.31. The molecule has 0 atom stereocenters. The molecule has 1 aromatic heterocycles. The molecular formula is C23H16FN5O5S. The van der Waals surface area contributed by atoms with Gasteiger partial charge < -0.3 is 14.8 Å². The monoisotopic (exact) mass is 493 g/mol. The molecule has 12 heteroatoms. The zero-order valence-corrected chi connectivity index (χ0v) is 18.7. The number of hydrogen-bond donors (Lipinski definition) is 1. The van der Waals surface area contributed by atoms with Gasteiger partial charge in [0, 0.05) is 23.0 Å². The average Bonchev–Trinajstić information content (AvgIpc) is 3.51. The van der Waals surface area contributed by atoms with Crippen LogP contribution in [0.2, 0.25) is 0 Å². The van der Waals surface area contributed by atoms with Crippen molar-refractivity contribution in [3.8, 4) is 28.6 Å². The fourth-order valence-electron chi connectivity index (χ4n) is 3.45. The molecule has 0 bridgehead atoms. The van der Waals surface area contributed by atoms with Crippen LogP contribution in [-0.4, -0.2) is 38.1 Å². The van der Waals surface area contributed by atoms with Gasteiger partial charge in [-0.2, -0.15) is 4.39 Å². The van der Waals surface area contributed by atoms with Gasteiger partial charge in [-0.3, -0.25) is 19.5 Å². The Hall–Kier alpha value is -4.45. The number of halogens is 1. The average molecular weight is 493 g/mol. The predicted molar refractivity (Wildman–Crippen MR) is 125 cm³/mol. The molecule has 0 aliphatic carbocycles. The van der Waals surface area contributed by atoms with Gasteiger partial charge in [-0.1, -0.05) is 30.0 Å². The van der Waals surface area contributed by atoms with Crippen LogP contribution >= 0.6 is 11.8 Å². The predicted octanol–water partition coefficient (Wildman–Crippen LogP) is 4.44. The molecule has 0 fully saturated rings. The maximum absolute atomic E-state index is 13.6. The fourth-order valence-corrected chi connectivity index (χ4v) is 4.21. The van der Waals surface area contributed by atoms with Crippen LogP contribution in [0.4, 0.5) is 15.8 Å². The highest BCUT2D eigenvalue weighted by atomic mass is 32.2. The van der Waals surface area contributed by atoms with Crippen molar-refractivity contribution < 1.29 is 23.6 Å². The van der Waals surface area contributed by atoms with E-state index in [2.05, 4.69) is 15.5 Å². The summed E-state index contributed by atoms with van der Waals surface area (Å²) in [6.07, 6.45) is 0. The first-order valence-corrected chi connectivity index (χ1v) is 11.3. The third-order valence-electron chi connectivity index (χ3n) is 5.04. The maximum atomic E-state index is 13.6. The number of aromatic nitrogens is 3. The molecule has 3 aromatic carbocycles. The summed E-state index contributed by atoms with van der Waals surface area (Å²) in [5, 5.41) is 22.6. The summed E-state index contributed by atoms with van der Waals surface area (Å²) in [5.74, 6) is 0.320. The molecule has 0 saturated carbocycles. The lowest BCUT2D eigenvalue weighted by Gasteiger charge is -2.11. The van der Waals surface area contributed by atoms with E-state index in [4.69, 9.17) is 9.47 Å². The quantitative estimate of drug-likeness (QED) is 0.228. The number of rotatable bonds is 7. The van der Waals surface area contributed by atoms with Gasteiger partial charge in [-0.15, -0.1) is 10.2 Å². The Morgan fingerprint density at radius 3 is 2.69 bits per heavy atom. The lowest BCUT2D eigenvalue weighted by Crippen LogP contribution is -2.15. The van der Waals surface area contributed by atoms with Crippen LogP contribution in [0, 0.1) is 15.9 Å². The smallest absolute Gasteiger partial charge is 0.306 e. The molecule has 4 aromatic rings. The van der Waals surface area contributed by atoms with E-state index in [1.54, 1.807) is 6.07 Å². The Morgan fingerprint density at radius 1 is 1.09 bits per heavy atom. The SMILES string of the molecule is O=C(CSc1nnc(-c2ccc3c(c2)OCO3)n1-c1ccccc1)Nc1ccc(F)c([N+](=O)[O-])c1. The number of carbonyl (C=O) groups excluding carboxylic acids is 1. The van der Waals surface area contributed by atoms with Crippen LogP contribution in [0.1, 0.15) is 0 Å². The van der Waals surface area contributed by atoms with E-state index in [0.29, 0.717) is 22.5 Å². The molecule has 0 unspecified atom stereocenters.